The molecule has 0 saturated carbocycles. The van der Waals surface area contributed by atoms with Crippen molar-refractivity contribution in [3.63, 3.8) is 0 Å². The van der Waals surface area contributed by atoms with Crippen LogP contribution in [0.25, 0.3) is 0 Å². The summed E-state index contributed by atoms with van der Waals surface area (Å²) in [6.45, 7) is 3.82. The lowest BCUT2D eigenvalue weighted by Gasteiger charge is -2.40. The molecule has 1 aliphatic rings. The fraction of sp³-hybridized carbons (Fsp3) is 0.917. The molecule has 0 aliphatic carbocycles. The molecule has 0 bridgehead atoms. The number of carbonyl (C=O) groups is 1. The van der Waals surface area contributed by atoms with E-state index in [0.717, 1.165) is 38.5 Å². The minimum atomic E-state index is -1.57. The highest BCUT2D eigenvalue weighted by Crippen LogP contribution is 2.23. The zero-order valence-electron chi connectivity index (χ0n) is 45.3. The van der Waals surface area contributed by atoms with Gasteiger partial charge in [-0.05, 0) is 44.9 Å². The van der Waals surface area contributed by atoms with E-state index < -0.39 is 49.5 Å². The minimum Gasteiger partial charge on any atom is -0.394 e. The van der Waals surface area contributed by atoms with Crippen LogP contribution in [0.3, 0.4) is 0 Å². The summed E-state index contributed by atoms with van der Waals surface area (Å²) in [7, 11) is 0. The summed E-state index contributed by atoms with van der Waals surface area (Å²) in [5.41, 5.74) is 0. The molecule has 0 radical (unpaired) electrons. The number of amides is 1. The van der Waals surface area contributed by atoms with E-state index in [1.807, 2.05) is 6.08 Å². The number of allylic oxidation sites excluding steroid dienone is 3. The molecular formula is C60H115NO8. The number of aliphatic hydroxyl groups excluding tert-OH is 5. The average Bonchev–Trinajstić information content (AvgIpc) is 3.35. The third-order valence-corrected chi connectivity index (χ3v) is 14.5. The maximum atomic E-state index is 13.1. The molecule has 1 rings (SSSR count). The fourth-order valence-corrected chi connectivity index (χ4v) is 9.74. The van der Waals surface area contributed by atoms with Gasteiger partial charge < -0.3 is 40.3 Å². The van der Waals surface area contributed by atoms with Gasteiger partial charge in [0.1, 0.15) is 24.4 Å². The number of rotatable bonds is 52. The molecule has 69 heavy (non-hydrogen) atoms. The van der Waals surface area contributed by atoms with Gasteiger partial charge in [0.15, 0.2) is 6.29 Å². The minimum absolute atomic E-state index is 0.176. The lowest BCUT2D eigenvalue weighted by atomic mass is 9.99. The molecule has 9 nitrogen and oxygen atoms in total. The molecule has 0 aromatic carbocycles. The maximum Gasteiger partial charge on any atom is 0.220 e. The summed E-state index contributed by atoms with van der Waals surface area (Å²) in [6, 6.07) is -0.806. The highest BCUT2D eigenvalue weighted by molar-refractivity contribution is 5.76. The topological polar surface area (TPSA) is 149 Å². The molecule has 7 unspecified atom stereocenters. The quantitative estimate of drug-likeness (QED) is 0.0261. The van der Waals surface area contributed by atoms with Gasteiger partial charge in [-0.15, -0.1) is 0 Å². The summed E-state index contributed by atoms with van der Waals surface area (Å²) in [6.07, 6.45) is 56.7. The van der Waals surface area contributed by atoms with Crippen LogP contribution in [0.2, 0.25) is 0 Å². The third-order valence-electron chi connectivity index (χ3n) is 14.5. The van der Waals surface area contributed by atoms with Crippen molar-refractivity contribution in [1.29, 1.82) is 0 Å². The van der Waals surface area contributed by atoms with Crippen molar-refractivity contribution in [3.05, 3.63) is 24.3 Å². The number of carbonyl (C=O) groups excluding carboxylic acids is 1. The number of hydrogen-bond donors (Lipinski definition) is 6. The number of ether oxygens (including phenoxy) is 2. The predicted molar refractivity (Wildman–Crippen MR) is 290 cm³/mol. The first-order valence-corrected chi connectivity index (χ1v) is 30.1. The smallest absolute Gasteiger partial charge is 0.220 e. The molecule has 6 N–H and O–H groups in total. The SMILES string of the molecule is CCCCCCCCCCCCCC/C=C\CCCCCCCCCC(=O)NC(COC1OC(CO)C(O)C(O)C1O)C(O)/C=C/CCCCCCCCCCCCCCCCCCCCCCC. The molecule has 1 saturated heterocycles. The van der Waals surface area contributed by atoms with Gasteiger partial charge in [0.2, 0.25) is 5.91 Å². The first-order chi connectivity index (χ1) is 33.8. The molecule has 0 aromatic heterocycles. The van der Waals surface area contributed by atoms with Crippen molar-refractivity contribution >= 4 is 5.91 Å². The van der Waals surface area contributed by atoms with Crippen molar-refractivity contribution in [1.82, 2.24) is 5.32 Å². The Morgan fingerprint density at radius 1 is 0.478 bits per heavy atom. The molecule has 9 heteroatoms. The highest BCUT2D eigenvalue weighted by atomic mass is 16.7. The van der Waals surface area contributed by atoms with E-state index in [0.29, 0.717) is 6.42 Å². The van der Waals surface area contributed by atoms with E-state index in [1.54, 1.807) is 6.08 Å². The standard InChI is InChI=1S/C60H115NO8/c1-3-5-7-9-11-13-15-17-19-21-23-25-27-29-31-33-35-37-39-41-43-45-47-49-54(63)53(52-68-60-59(67)58(66)57(65)55(51-62)69-60)61-56(64)50-48-46-44-42-40-38-36-34-32-30-28-26-24-22-20-18-16-14-12-10-8-6-4-2/h30,32,47,49,53-55,57-60,62-63,65-67H,3-29,31,33-46,48,50-52H2,1-2H3,(H,61,64)/b32-30-,49-47+. The Morgan fingerprint density at radius 2 is 0.812 bits per heavy atom. The van der Waals surface area contributed by atoms with Crippen LogP contribution in [0.5, 0.6) is 0 Å². The molecule has 0 spiro atoms. The predicted octanol–water partition coefficient (Wildman–Crippen LogP) is 15.0. The van der Waals surface area contributed by atoms with E-state index in [1.165, 1.54) is 238 Å². The van der Waals surface area contributed by atoms with Gasteiger partial charge in [-0.1, -0.05) is 269 Å². The monoisotopic (exact) mass is 978 g/mol. The van der Waals surface area contributed by atoms with Crippen LogP contribution in [0.15, 0.2) is 24.3 Å². The molecule has 0 aromatic rings. The maximum absolute atomic E-state index is 13.1. The zero-order valence-corrected chi connectivity index (χ0v) is 45.3. The summed E-state index contributed by atoms with van der Waals surface area (Å²) in [5, 5.41) is 54.6. The first kappa shape index (κ1) is 65.7. The van der Waals surface area contributed by atoms with Gasteiger partial charge in [0, 0.05) is 6.42 Å². The molecule has 7 atom stereocenters. The van der Waals surface area contributed by atoms with Crippen LogP contribution in [0, 0.1) is 0 Å². The van der Waals surface area contributed by atoms with Crippen molar-refractivity contribution < 1.29 is 39.8 Å². The second-order valence-corrected chi connectivity index (χ2v) is 21.1. The Balaban J connectivity index is 2.22. The van der Waals surface area contributed by atoms with E-state index >= 15 is 0 Å². The zero-order chi connectivity index (χ0) is 50.1. The lowest BCUT2D eigenvalue weighted by molar-refractivity contribution is -0.302. The normalized spacial score (nSPS) is 19.6. The molecule has 1 heterocycles. The fourth-order valence-electron chi connectivity index (χ4n) is 9.74. The Labute approximate surface area is 426 Å². The second kappa shape index (κ2) is 50.2. The van der Waals surface area contributed by atoms with Gasteiger partial charge >= 0.3 is 0 Å². The molecule has 1 aliphatic heterocycles. The molecule has 408 valence electrons. The Bertz CT molecular complexity index is 1130. The van der Waals surface area contributed by atoms with Gasteiger partial charge in [0.25, 0.3) is 0 Å². The van der Waals surface area contributed by atoms with Gasteiger partial charge in [0.05, 0.1) is 25.4 Å². The summed E-state index contributed by atoms with van der Waals surface area (Å²) >= 11 is 0. The molecular weight excluding hydrogens is 863 g/mol. The Hall–Kier alpha value is -1.33. The highest BCUT2D eigenvalue weighted by Gasteiger charge is 2.44. The van der Waals surface area contributed by atoms with Crippen LogP contribution in [-0.2, 0) is 14.3 Å². The van der Waals surface area contributed by atoms with Crippen molar-refractivity contribution in [2.75, 3.05) is 13.2 Å². The van der Waals surface area contributed by atoms with E-state index in [2.05, 4.69) is 31.3 Å². The first-order valence-electron chi connectivity index (χ1n) is 30.1. The van der Waals surface area contributed by atoms with Crippen LogP contribution < -0.4 is 5.32 Å². The largest absolute Gasteiger partial charge is 0.394 e. The van der Waals surface area contributed by atoms with Crippen molar-refractivity contribution in [2.24, 2.45) is 0 Å². The Kier molecular flexibility index (Phi) is 47.8. The van der Waals surface area contributed by atoms with Gasteiger partial charge in [-0.3, -0.25) is 4.79 Å². The molecule has 1 fully saturated rings. The summed E-state index contributed by atoms with van der Waals surface area (Å²) < 4.78 is 11.3. The summed E-state index contributed by atoms with van der Waals surface area (Å²) in [4.78, 5) is 13.1. The van der Waals surface area contributed by atoms with Crippen LogP contribution >= 0.6 is 0 Å². The number of hydrogen-bond acceptors (Lipinski definition) is 8. The van der Waals surface area contributed by atoms with Crippen LogP contribution in [0.4, 0.5) is 0 Å². The third kappa shape index (κ3) is 39.8. The lowest BCUT2D eigenvalue weighted by Crippen LogP contribution is -2.60. The second-order valence-electron chi connectivity index (χ2n) is 21.1. The van der Waals surface area contributed by atoms with Crippen LogP contribution in [0.1, 0.15) is 296 Å². The number of nitrogens with one attached hydrogen (secondary N) is 1. The Morgan fingerprint density at radius 3 is 1.17 bits per heavy atom. The van der Waals surface area contributed by atoms with Crippen LogP contribution in [-0.4, -0.2) is 87.5 Å². The van der Waals surface area contributed by atoms with E-state index in [-0.39, 0.29) is 12.5 Å². The van der Waals surface area contributed by atoms with Gasteiger partial charge in [-0.25, -0.2) is 0 Å². The van der Waals surface area contributed by atoms with E-state index in [9.17, 15) is 30.3 Å². The van der Waals surface area contributed by atoms with Gasteiger partial charge in [-0.2, -0.15) is 0 Å². The van der Waals surface area contributed by atoms with Crippen molar-refractivity contribution in [2.45, 2.75) is 339 Å². The number of unbranched alkanes of at least 4 members (excludes halogenated alkanes) is 40. The number of aliphatic hydroxyl groups is 5. The molecule has 1 amide bonds. The average molecular weight is 979 g/mol. The van der Waals surface area contributed by atoms with E-state index in [4.69, 9.17) is 9.47 Å². The van der Waals surface area contributed by atoms with Crippen molar-refractivity contribution in [3.8, 4) is 0 Å². The summed E-state index contributed by atoms with van der Waals surface area (Å²) in [5.74, 6) is -0.176.